The van der Waals surface area contributed by atoms with Crippen LogP contribution >= 0.6 is 0 Å². The highest BCUT2D eigenvalue weighted by Gasteiger charge is 2.18. The number of benzene rings is 1. The van der Waals surface area contributed by atoms with E-state index in [1.807, 2.05) is 30.3 Å². The Morgan fingerprint density at radius 3 is 2.32 bits per heavy atom. The van der Waals surface area contributed by atoms with Crippen LogP contribution in [0.25, 0.3) is 0 Å². The summed E-state index contributed by atoms with van der Waals surface area (Å²) in [5.74, 6) is -0.915. The van der Waals surface area contributed by atoms with E-state index in [1.54, 1.807) is 0 Å². The average molecular weight is 262 g/mol. The lowest BCUT2D eigenvalue weighted by molar-refractivity contribution is -0.142. The Hall–Kier alpha value is -1.31. The lowest BCUT2D eigenvalue weighted by atomic mass is 9.87. The van der Waals surface area contributed by atoms with Crippen LogP contribution in [0.15, 0.2) is 30.3 Å². The number of rotatable bonds is 7. The topological polar surface area (TPSA) is 37.3 Å². The minimum absolute atomic E-state index is 0.248. The van der Waals surface area contributed by atoms with Crippen LogP contribution in [0.1, 0.15) is 52.0 Å². The Bertz CT molecular complexity index is 376. The molecule has 19 heavy (non-hydrogen) atoms. The molecule has 2 nitrogen and oxygen atoms in total. The molecule has 1 aromatic rings. The number of hydrogen-bond donors (Lipinski definition) is 1. The van der Waals surface area contributed by atoms with E-state index in [0.29, 0.717) is 11.8 Å². The van der Waals surface area contributed by atoms with Gasteiger partial charge in [0.25, 0.3) is 0 Å². The fraction of sp³-hybridized carbons (Fsp3) is 0.588. The van der Waals surface area contributed by atoms with Gasteiger partial charge in [0, 0.05) is 0 Å². The molecular weight excluding hydrogens is 236 g/mol. The van der Waals surface area contributed by atoms with Crippen molar-refractivity contribution in [1.82, 2.24) is 0 Å². The molecule has 0 aliphatic heterocycles. The fourth-order valence-electron chi connectivity index (χ4n) is 2.26. The standard InChI is InChI=1S/C17H26O2/c1-17(2,3)12-8-7-11-15(16(18)19)13-14-9-5-4-6-10-14/h4-6,9-10,15H,7-8,11-13H2,1-3H3,(H,18,19). The Morgan fingerprint density at radius 2 is 1.79 bits per heavy atom. The minimum Gasteiger partial charge on any atom is -0.481 e. The molecule has 0 saturated heterocycles. The number of carbonyl (C=O) groups is 1. The molecule has 1 rings (SSSR count). The summed E-state index contributed by atoms with van der Waals surface area (Å²) in [5.41, 5.74) is 1.46. The van der Waals surface area contributed by atoms with Crippen LogP contribution in [-0.4, -0.2) is 11.1 Å². The maximum atomic E-state index is 11.3. The van der Waals surface area contributed by atoms with E-state index in [4.69, 9.17) is 0 Å². The second-order valence-corrected chi connectivity index (χ2v) is 6.53. The summed E-state index contributed by atoms with van der Waals surface area (Å²) in [6, 6.07) is 9.90. The van der Waals surface area contributed by atoms with Crippen molar-refractivity contribution in [2.45, 2.75) is 52.9 Å². The van der Waals surface area contributed by atoms with E-state index in [9.17, 15) is 9.90 Å². The third-order valence-corrected chi connectivity index (χ3v) is 3.40. The monoisotopic (exact) mass is 262 g/mol. The van der Waals surface area contributed by atoms with Gasteiger partial charge in [0.2, 0.25) is 0 Å². The van der Waals surface area contributed by atoms with Crippen molar-refractivity contribution < 1.29 is 9.90 Å². The number of carboxylic acid groups (broad SMARTS) is 1. The van der Waals surface area contributed by atoms with Crippen molar-refractivity contribution >= 4 is 5.97 Å². The van der Waals surface area contributed by atoms with E-state index in [-0.39, 0.29) is 5.92 Å². The van der Waals surface area contributed by atoms with E-state index < -0.39 is 5.97 Å². The quantitative estimate of drug-likeness (QED) is 0.733. The van der Waals surface area contributed by atoms with Crippen LogP contribution in [0.4, 0.5) is 0 Å². The molecule has 0 aliphatic rings. The predicted octanol–water partition coefficient (Wildman–Crippen LogP) is 4.54. The van der Waals surface area contributed by atoms with Crippen LogP contribution in [0, 0.1) is 11.3 Å². The molecule has 0 saturated carbocycles. The molecule has 2 heteroatoms. The zero-order valence-corrected chi connectivity index (χ0v) is 12.4. The van der Waals surface area contributed by atoms with Crippen molar-refractivity contribution in [2.75, 3.05) is 0 Å². The molecule has 0 aliphatic carbocycles. The Labute approximate surface area is 116 Å². The van der Waals surface area contributed by atoms with Crippen LogP contribution in [0.5, 0.6) is 0 Å². The summed E-state index contributed by atoms with van der Waals surface area (Å²) in [6.45, 7) is 6.68. The van der Waals surface area contributed by atoms with Crippen molar-refractivity contribution in [2.24, 2.45) is 11.3 Å². The number of aliphatic carboxylic acids is 1. The van der Waals surface area contributed by atoms with Gasteiger partial charge in [-0.15, -0.1) is 0 Å². The smallest absolute Gasteiger partial charge is 0.306 e. The van der Waals surface area contributed by atoms with Gasteiger partial charge in [-0.25, -0.2) is 0 Å². The van der Waals surface area contributed by atoms with Crippen LogP contribution < -0.4 is 0 Å². The summed E-state index contributed by atoms with van der Waals surface area (Å²) in [4.78, 5) is 11.3. The van der Waals surface area contributed by atoms with Gasteiger partial charge < -0.3 is 5.11 Å². The summed E-state index contributed by atoms with van der Waals surface area (Å²) in [5, 5.41) is 9.29. The maximum Gasteiger partial charge on any atom is 0.306 e. The molecule has 1 aromatic carbocycles. The molecule has 0 aromatic heterocycles. The molecule has 0 radical (unpaired) electrons. The normalized spacial score (nSPS) is 13.2. The van der Waals surface area contributed by atoms with Crippen molar-refractivity contribution in [3.63, 3.8) is 0 Å². The third kappa shape index (κ3) is 7.00. The summed E-state index contributed by atoms with van der Waals surface area (Å²) < 4.78 is 0. The second kappa shape index (κ2) is 7.32. The molecular formula is C17H26O2. The first-order valence-corrected chi connectivity index (χ1v) is 7.15. The first kappa shape index (κ1) is 15.7. The Balaban J connectivity index is 2.40. The number of unbranched alkanes of at least 4 members (excludes halogenated alkanes) is 1. The second-order valence-electron chi connectivity index (χ2n) is 6.53. The molecule has 0 heterocycles. The summed E-state index contributed by atoms with van der Waals surface area (Å²) >= 11 is 0. The van der Waals surface area contributed by atoms with Crippen molar-refractivity contribution in [1.29, 1.82) is 0 Å². The molecule has 1 N–H and O–H groups in total. The molecule has 0 bridgehead atoms. The summed E-state index contributed by atoms with van der Waals surface area (Å²) in [7, 11) is 0. The molecule has 0 spiro atoms. The largest absolute Gasteiger partial charge is 0.481 e. The Morgan fingerprint density at radius 1 is 1.16 bits per heavy atom. The van der Waals surface area contributed by atoms with E-state index in [0.717, 1.165) is 31.2 Å². The predicted molar refractivity (Wildman–Crippen MR) is 79.2 cm³/mol. The SMILES string of the molecule is CC(C)(C)CCCCC(Cc1ccccc1)C(=O)O. The summed E-state index contributed by atoms with van der Waals surface area (Å²) in [6.07, 6.45) is 4.69. The van der Waals surface area contributed by atoms with Gasteiger partial charge in [0.05, 0.1) is 5.92 Å². The third-order valence-electron chi connectivity index (χ3n) is 3.40. The molecule has 0 amide bonds. The zero-order valence-electron chi connectivity index (χ0n) is 12.4. The van der Waals surface area contributed by atoms with Gasteiger partial charge in [0.1, 0.15) is 0 Å². The molecule has 1 atom stereocenters. The lowest BCUT2D eigenvalue weighted by Crippen LogP contribution is -2.16. The molecule has 0 fully saturated rings. The van der Waals surface area contributed by atoms with E-state index in [2.05, 4.69) is 20.8 Å². The van der Waals surface area contributed by atoms with Crippen molar-refractivity contribution in [3.8, 4) is 0 Å². The maximum absolute atomic E-state index is 11.3. The highest BCUT2D eigenvalue weighted by Crippen LogP contribution is 2.24. The molecule has 106 valence electrons. The van der Waals surface area contributed by atoms with Gasteiger partial charge >= 0.3 is 5.97 Å². The Kier molecular flexibility index (Phi) is 6.07. The van der Waals surface area contributed by atoms with Crippen LogP contribution in [0.3, 0.4) is 0 Å². The minimum atomic E-state index is -0.667. The van der Waals surface area contributed by atoms with Gasteiger partial charge in [0.15, 0.2) is 0 Å². The number of hydrogen-bond acceptors (Lipinski definition) is 1. The van der Waals surface area contributed by atoms with Gasteiger partial charge in [-0.1, -0.05) is 63.9 Å². The van der Waals surface area contributed by atoms with Gasteiger partial charge in [-0.2, -0.15) is 0 Å². The van der Waals surface area contributed by atoms with E-state index in [1.165, 1.54) is 0 Å². The van der Waals surface area contributed by atoms with Crippen LogP contribution in [0.2, 0.25) is 0 Å². The highest BCUT2D eigenvalue weighted by atomic mass is 16.4. The first-order valence-electron chi connectivity index (χ1n) is 7.15. The molecule has 1 unspecified atom stereocenters. The van der Waals surface area contributed by atoms with Gasteiger partial charge in [-0.05, 0) is 30.2 Å². The fourth-order valence-corrected chi connectivity index (χ4v) is 2.26. The van der Waals surface area contributed by atoms with Gasteiger partial charge in [-0.3, -0.25) is 4.79 Å². The number of carboxylic acids is 1. The van der Waals surface area contributed by atoms with Crippen molar-refractivity contribution in [3.05, 3.63) is 35.9 Å². The highest BCUT2D eigenvalue weighted by molar-refractivity contribution is 5.70. The zero-order chi connectivity index (χ0) is 14.3. The van der Waals surface area contributed by atoms with E-state index >= 15 is 0 Å². The first-order chi connectivity index (χ1) is 8.88. The average Bonchev–Trinajstić information content (AvgIpc) is 2.33. The van der Waals surface area contributed by atoms with Crippen LogP contribution in [-0.2, 0) is 11.2 Å². The lowest BCUT2D eigenvalue weighted by Gasteiger charge is -2.18.